The van der Waals surface area contributed by atoms with Crippen molar-refractivity contribution in [1.29, 1.82) is 0 Å². The highest BCUT2D eigenvalue weighted by Gasteiger charge is 2.35. The Kier molecular flexibility index (Phi) is 7.00. The fraction of sp³-hybridized carbons (Fsp3) is 0.409. The van der Waals surface area contributed by atoms with Crippen molar-refractivity contribution >= 4 is 34.8 Å². The first-order valence-electron chi connectivity index (χ1n) is 9.54. The van der Waals surface area contributed by atoms with Crippen LogP contribution in [0.15, 0.2) is 42.5 Å². The SMILES string of the molecule is Cc1c(Cl)cccc1NC(=O)C(C)NCC1(c2ccc(Cl)cc2)CCOCC1. The van der Waals surface area contributed by atoms with E-state index < -0.39 is 0 Å². The summed E-state index contributed by atoms with van der Waals surface area (Å²) in [6, 6.07) is 13.2. The maximum absolute atomic E-state index is 12.7. The van der Waals surface area contributed by atoms with Gasteiger partial charge in [0, 0.05) is 40.9 Å². The minimum absolute atomic E-state index is 0.0661. The summed E-state index contributed by atoms with van der Waals surface area (Å²) < 4.78 is 5.58. The van der Waals surface area contributed by atoms with Gasteiger partial charge < -0.3 is 15.4 Å². The summed E-state index contributed by atoms with van der Waals surface area (Å²) >= 11 is 12.2. The Morgan fingerprint density at radius 2 is 1.82 bits per heavy atom. The van der Waals surface area contributed by atoms with Crippen LogP contribution in [0.2, 0.25) is 10.0 Å². The summed E-state index contributed by atoms with van der Waals surface area (Å²) in [6.45, 7) is 5.90. The molecule has 1 aliphatic rings. The molecule has 0 spiro atoms. The zero-order valence-corrected chi connectivity index (χ0v) is 17.7. The van der Waals surface area contributed by atoms with E-state index in [1.165, 1.54) is 5.56 Å². The highest BCUT2D eigenvalue weighted by atomic mass is 35.5. The van der Waals surface area contributed by atoms with Gasteiger partial charge in [0.15, 0.2) is 0 Å². The molecular weight excluding hydrogens is 395 g/mol. The number of benzene rings is 2. The summed E-state index contributed by atoms with van der Waals surface area (Å²) in [5, 5.41) is 7.76. The first-order valence-corrected chi connectivity index (χ1v) is 10.3. The van der Waals surface area contributed by atoms with Crippen LogP contribution >= 0.6 is 23.2 Å². The molecule has 0 aromatic heterocycles. The topological polar surface area (TPSA) is 50.4 Å². The number of amides is 1. The van der Waals surface area contributed by atoms with Crippen LogP contribution in [0.4, 0.5) is 5.69 Å². The van der Waals surface area contributed by atoms with Gasteiger partial charge in [-0.2, -0.15) is 0 Å². The lowest BCUT2D eigenvalue weighted by atomic mass is 9.74. The van der Waals surface area contributed by atoms with Gasteiger partial charge in [-0.1, -0.05) is 41.4 Å². The zero-order valence-electron chi connectivity index (χ0n) is 16.2. The van der Waals surface area contributed by atoms with Crippen molar-refractivity contribution in [2.45, 2.75) is 38.1 Å². The van der Waals surface area contributed by atoms with Crippen molar-refractivity contribution in [2.24, 2.45) is 0 Å². The molecule has 0 aliphatic carbocycles. The lowest BCUT2D eigenvalue weighted by Gasteiger charge is -2.38. The summed E-state index contributed by atoms with van der Waals surface area (Å²) in [6.07, 6.45) is 1.81. The van der Waals surface area contributed by atoms with Crippen molar-refractivity contribution in [3.05, 3.63) is 63.6 Å². The van der Waals surface area contributed by atoms with E-state index in [1.54, 1.807) is 0 Å². The highest BCUT2D eigenvalue weighted by Crippen LogP contribution is 2.35. The van der Waals surface area contributed by atoms with Crippen LogP contribution < -0.4 is 10.6 Å². The van der Waals surface area contributed by atoms with Crippen LogP contribution in [0.25, 0.3) is 0 Å². The van der Waals surface area contributed by atoms with Crippen LogP contribution in [0.3, 0.4) is 0 Å². The number of hydrogen-bond acceptors (Lipinski definition) is 3. The minimum Gasteiger partial charge on any atom is -0.381 e. The summed E-state index contributed by atoms with van der Waals surface area (Å²) in [7, 11) is 0. The maximum Gasteiger partial charge on any atom is 0.241 e. The molecule has 1 atom stereocenters. The van der Waals surface area contributed by atoms with Crippen LogP contribution in [0.5, 0.6) is 0 Å². The average molecular weight is 421 g/mol. The third-order valence-corrected chi connectivity index (χ3v) is 6.23. The van der Waals surface area contributed by atoms with E-state index in [-0.39, 0.29) is 17.4 Å². The second kappa shape index (κ2) is 9.27. The molecule has 1 aliphatic heterocycles. The molecule has 6 heteroatoms. The van der Waals surface area contributed by atoms with Crippen molar-refractivity contribution < 1.29 is 9.53 Å². The Bertz CT molecular complexity index is 818. The largest absolute Gasteiger partial charge is 0.381 e. The third kappa shape index (κ3) is 4.87. The lowest BCUT2D eigenvalue weighted by molar-refractivity contribution is -0.117. The molecule has 1 saturated heterocycles. The smallest absolute Gasteiger partial charge is 0.241 e. The minimum atomic E-state index is -0.342. The van der Waals surface area contributed by atoms with E-state index in [0.717, 1.165) is 29.1 Å². The molecular formula is C22H26Cl2N2O2. The first-order chi connectivity index (χ1) is 13.4. The number of carbonyl (C=O) groups is 1. The first kappa shape index (κ1) is 21.1. The number of hydrogen-bond donors (Lipinski definition) is 2. The number of anilines is 1. The second-order valence-electron chi connectivity index (χ2n) is 7.40. The Morgan fingerprint density at radius 3 is 2.50 bits per heavy atom. The Hall–Kier alpha value is -1.59. The monoisotopic (exact) mass is 420 g/mol. The molecule has 150 valence electrons. The summed E-state index contributed by atoms with van der Waals surface area (Å²) in [4.78, 5) is 12.7. The molecule has 1 fully saturated rings. The summed E-state index contributed by atoms with van der Waals surface area (Å²) in [5.74, 6) is -0.0799. The van der Waals surface area contributed by atoms with Gasteiger partial charge in [0.1, 0.15) is 0 Å². The van der Waals surface area contributed by atoms with Crippen LogP contribution in [-0.4, -0.2) is 31.7 Å². The van der Waals surface area contributed by atoms with E-state index in [9.17, 15) is 4.79 Å². The van der Waals surface area contributed by atoms with E-state index in [1.807, 2.05) is 44.2 Å². The zero-order chi connectivity index (χ0) is 20.1. The van der Waals surface area contributed by atoms with E-state index >= 15 is 0 Å². The molecule has 0 bridgehead atoms. The number of carbonyl (C=O) groups excluding carboxylic acids is 1. The van der Waals surface area contributed by atoms with Gasteiger partial charge in [-0.25, -0.2) is 0 Å². The third-order valence-electron chi connectivity index (χ3n) is 5.57. The van der Waals surface area contributed by atoms with E-state index in [4.69, 9.17) is 27.9 Å². The van der Waals surface area contributed by atoms with Gasteiger partial charge in [-0.15, -0.1) is 0 Å². The number of nitrogens with one attached hydrogen (secondary N) is 2. The van der Waals surface area contributed by atoms with Gasteiger partial charge in [0.25, 0.3) is 0 Å². The predicted molar refractivity (Wildman–Crippen MR) is 115 cm³/mol. The number of halogens is 2. The van der Waals surface area contributed by atoms with Crippen molar-refractivity contribution in [3.63, 3.8) is 0 Å². The van der Waals surface area contributed by atoms with Gasteiger partial charge in [-0.05, 0) is 62.1 Å². The average Bonchev–Trinajstić information content (AvgIpc) is 2.70. The maximum atomic E-state index is 12.7. The van der Waals surface area contributed by atoms with Crippen molar-refractivity contribution in [2.75, 3.05) is 25.1 Å². The molecule has 1 heterocycles. The Balaban J connectivity index is 1.68. The molecule has 1 unspecified atom stereocenters. The predicted octanol–water partition coefficient (Wildman–Crippen LogP) is 4.97. The van der Waals surface area contributed by atoms with E-state index in [0.29, 0.717) is 24.8 Å². The van der Waals surface area contributed by atoms with Crippen molar-refractivity contribution in [1.82, 2.24) is 5.32 Å². The fourth-order valence-electron chi connectivity index (χ4n) is 3.56. The molecule has 2 N–H and O–H groups in total. The Labute approximate surface area is 176 Å². The molecule has 28 heavy (non-hydrogen) atoms. The second-order valence-corrected chi connectivity index (χ2v) is 8.25. The van der Waals surface area contributed by atoms with Gasteiger partial charge in [0.05, 0.1) is 6.04 Å². The standard InChI is InChI=1S/C22H26Cl2N2O2/c1-15-19(24)4-3-5-20(15)26-21(27)16(2)25-14-22(10-12-28-13-11-22)17-6-8-18(23)9-7-17/h3-9,16,25H,10-14H2,1-2H3,(H,26,27). The molecule has 0 radical (unpaired) electrons. The molecule has 3 rings (SSSR count). The van der Waals surface area contributed by atoms with Crippen LogP contribution in [0.1, 0.15) is 30.9 Å². The number of rotatable bonds is 6. The van der Waals surface area contributed by atoms with Gasteiger partial charge in [0.2, 0.25) is 5.91 Å². The quantitative estimate of drug-likeness (QED) is 0.693. The highest BCUT2D eigenvalue weighted by molar-refractivity contribution is 6.31. The normalized spacial score (nSPS) is 17.1. The lowest BCUT2D eigenvalue weighted by Crippen LogP contribution is -2.48. The molecule has 4 nitrogen and oxygen atoms in total. The van der Waals surface area contributed by atoms with Crippen LogP contribution in [0, 0.1) is 6.92 Å². The van der Waals surface area contributed by atoms with Gasteiger partial charge >= 0.3 is 0 Å². The molecule has 0 saturated carbocycles. The number of ether oxygens (including phenoxy) is 1. The van der Waals surface area contributed by atoms with Crippen LogP contribution in [-0.2, 0) is 14.9 Å². The fourth-order valence-corrected chi connectivity index (χ4v) is 3.86. The Morgan fingerprint density at radius 1 is 1.14 bits per heavy atom. The van der Waals surface area contributed by atoms with E-state index in [2.05, 4.69) is 22.8 Å². The molecule has 1 amide bonds. The van der Waals surface area contributed by atoms with Gasteiger partial charge in [-0.3, -0.25) is 4.79 Å². The van der Waals surface area contributed by atoms with Crippen molar-refractivity contribution in [3.8, 4) is 0 Å². The molecule has 2 aromatic carbocycles. The summed E-state index contributed by atoms with van der Waals surface area (Å²) in [5.41, 5.74) is 2.77. The molecule has 2 aromatic rings.